The molecule has 1 aliphatic heterocycles. The van der Waals surface area contributed by atoms with Crippen molar-refractivity contribution in [3.8, 4) is 11.4 Å². The molecule has 1 aromatic carbocycles. The third kappa shape index (κ3) is 4.29. The topological polar surface area (TPSA) is 79.5 Å². The molecule has 0 bridgehead atoms. The predicted molar refractivity (Wildman–Crippen MR) is 89.5 cm³/mol. The Labute approximate surface area is 154 Å². The minimum absolute atomic E-state index is 0.0214. The smallest absolute Gasteiger partial charge is 0.256 e. The van der Waals surface area contributed by atoms with E-state index in [1.54, 1.807) is 19.1 Å². The summed E-state index contributed by atoms with van der Waals surface area (Å²) < 4.78 is 46.0. The lowest BCUT2D eigenvalue weighted by Crippen LogP contribution is -2.50. The number of rotatable bonds is 5. The maximum Gasteiger partial charge on any atom is 0.256 e. The van der Waals surface area contributed by atoms with Gasteiger partial charge in [0.05, 0.1) is 12.5 Å². The van der Waals surface area contributed by atoms with Gasteiger partial charge in [-0.2, -0.15) is 4.98 Å². The monoisotopic (exact) mass is 383 g/mol. The van der Waals surface area contributed by atoms with E-state index in [-0.39, 0.29) is 49.4 Å². The summed E-state index contributed by atoms with van der Waals surface area (Å²) in [7, 11) is 0. The van der Waals surface area contributed by atoms with Gasteiger partial charge in [0, 0.05) is 37.9 Å². The number of hydrogen-bond acceptors (Lipinski definition) is 5. The van der Waals surface area contributed by atoms with Crippen LogP contribution in [-0.4, -0.2) is 51.7 Å². The molecular formula is C18H20F3N3O3. The van der Waals surface area contributed by atoms with Crippen LogP contribution in [0.3, 0.4) is 0 Å². The molecule has 0 spiro atoms. The van der Waals surface area contributed by atoms with Gasteiger partial charge < -0.3 is 14.5 Å². The highest BCUT2D eigenvalue weighted by Crippen LogP contribution is 2.33. The van der Waals surface area contributed by atoms with Crippen LogP contribution in [0.5, 0.6) is 0 Å². The van der Waals surface area contributed by atoms with Crippen molar-refractivity contribution in [3.63, 3.8) is 0 Å². The van der Waals surface area contributed by atoms with Crippen molar-refractivity contribution in [2.75, 3.05) is 19.7 Å². The van der Waals surface area contributed by atoms with Crippen molar-refractivity contribution in [1.29, 1.82) is 0 Å². The summed E-state index contributed by atoms with van der Waals surface area (Å²) in [4.78, 5) is 17.7. The van der Waals surface area contributed by atoms with Gasteiger partial charge in [0.25, 0.3) is 5.92 Å². The number of aliphatic hydroxyl groups is 1. The number of hydrogen-bond donors (Lipinski definition) is 1. The normalized spacial score (nSPS) is 19.3. The van der Waals surface area contributed by atoms with E-state index in [1.165, 1.54) is 11.0 Å². The van der Waals surface area contributed by atoms with Crippen molar-refractivity contribution in [2.24, 2.45) is 5.92 Å². The summed E-state index contributed by atoms with van der Waals surface area (Å²) in [5, 5.41) is 12.9. The highest BCUT2D eigenvalue weighted by molar-refractivity contribution is 5.76. The van der Waals surface area contributed by atoms with E-state index in [9.17, 15) is 18.0 Å². The number of piperidine rings is 1. The fourth-order valence-corrected chi connectivity index (χ4v) is 2.97. The molecule has 1 N–H and O–H groups in total. The number of carbonyl (C=O) groups is 1. The zero-order valence-corrected chi connectivity index (χ0v) is 14.8. The molecule has 1 aliphatic rings. The third-order valence-electron chi connectivity index (χ3n) is 4.78. The van der Waals surface area contributed by atoms with Crippen LogP contribution in [0.15, 0.2) is 22.7 Å². The number of aliphatic hydroxyl groups excluding tert-OH is 1. The first-order chi connectivity index (χ1) is 12.8. The van der Waals surface area contributed by atoms with E-state index in [1.807, 2.05) is 0 Å². The van der Waals surface area contributed by atoms with E-state index in [2.05, 4.69) is 10.1 Å². The molecule has 1 saturated heterocycles. The number of likely N-dealkylation sites (tertiary alicyclic amines) is 1. The van der Waals surface area contributed by atoms with Gasteiger partial charge in [0.1, 0.15) is 5.82 Å². The first-order valence-corrected chi connectivity index (χ1v) is 8.65. The summed E-state index contributed by atoms with van der Waals surface area (Å²) in [6.45, 7) is 0.737. The van der Waals surface area contributed by atoms with Gasteiger partial charge in [-0.1, -0.05) is 17.3 Å². The number of carbonyl (C=O) groups excluding carboxylic acids is 1. The molecule has 9 heteroatoms. The maximum absolute atomic E-state index is 13.6. The van der Waals surface area contributed by atoms with Gasteiger partial charge in [0.15, 0.2) is 0 Å². The van der Waals surface area contributed by atoms with Crippen LogP contribution in [0, 0.1) is 18.7 Å². The van der Waals surface area contributed by atoms with Crippen molar-refractivity contribution in [2.45, 2.75) is 32.1 Å². The Morgan fingerprint density at radius 2 is 2.22 bits per heavy atom. The molecule has 0 unspecified atom stereocenters. The molecule has 2 aromatic rings. The fraction of sp³-hybridized carbons (Fsp3) is 0.500. The molecule has 27 heavy (non-hydrogen) atoms. The minimum atomic E-state index is -2.96. The van der Waals surface area contributed by atoms with Crippen LogP contribution in [0.25, 0.3) is 11.4 Å². The molecular weight excluding hydrogens is 363 g/mol. The van der Waals surface area contributed by atoms with E-state index < -0.39 is 24.9 Å². The van der Waals surface area contributed by atoms with Crippen LogP contribution < -0.4 is 0 Å². The maximum atomic E-state index is 13.6. The lowest BCUT2D eigenvalue weighted by atomic mass is 9.94. The number of amides is 1. The minimum Gasteiger partial charge on any atom is -0.396 e. The van der Waals surface area contributed by atoms with E-state index in [4.69, 9.17) is 9.63 Å². The van der Waals surface area contributed by atoms with Gasteiger partial charge in [-0.3, -0.25) is 4.79 Å². The van der Waals surface area contributed by atoms with Crippen LogP contribution >= 0.6 is 0 Å². The van der Waals surface area contributed by atoms with Crippen LogP contribution in [0.2, 0.25) is 0 Å². The second kappa shape index (κ2) is 7.67. The Hall–Kier alpha value is -2.42. The Morgan fingerprint density at radius 1 is 1.44 bits per heavy atom. The van der Waals surface area contributed by atoms with Crippen molar-refractivity contribution in [3.05, 3.63) is 35.5 Å². The lowest BCUT2D eigenvalue weighted by Gasteiger charge is -2.37. The average molecular weight is 383 g/mol. The molecule has 1 atom stereocenters. The average Bonchev–Trinajstić information content (AvgIpc) is 3.11. The summed E-state index contributed by atoms with van der Waals surface area (Å²) in [5.41, 5.74) is 0.963. The highest BCUT2D eigenvalue weighted by atomic mass is 19.3. The van der Waals surface area contributed by atoms with E-state index >= 15 is 0 Å². The number of aryl methyl sites for hydroxylation is 2. The van der Waals surface area contributed by atoms with Crippen LogP contribution in [-0.2, 0) is 11.2 Å². The standard InChI is InChI=1S/C18H20F3N3O3/c1-11-2-3-12(8-14(11)19)17-22-15(27-23-17)4-5-16(26)24-7-6-18(20,21)13(9-24)10-25/h2-3,8,13,25H,4-7,9-10H2,1H3/t13-/m0/s1. The Morgan fingerprint density at radius 3 is 2.93 bits per heavy atom. The van der Waals surface area contributed by atoms with E-state index in [0.717, 1.165) is 0 Å². The number of nitrogens with zero attached hydrogens (tertiary/aromatic N) is 3. The Bertz CT molecular complexity index is 825. The third-order valence-corrected chi connectivity index (χ3v) is 4.78. The zero-order valence-electron chi connectivity index (χ0n) is 14.8. The number of alkyl halides is 2. The fourth-order valence-electron chi connectivity index (χ4n) is 2.97. The van der Waals surface area contributed by atoms with Gasteiger partial charge >= 0.3 is 0 Å². The predicted octanol–water partition coefficient (Wildman–Crippen LogP) is 2.59. The molecule has 2 heterocycles. The quantitative estimate of drug-likeness (QED) is 0.859. The van der Waals surface area contributed by atoms with E-state index in [0.29, 0.717) is 11.1 Å². The summed E-state index contributed by atoms with van der Waals surface area (Å²) in [6.07, 6.45) is -0.294. The van der Waals surface area contributed by atoms with Crippen molar-refractivity contribution >= 4 is 5.91 Å². The molecule has 0 aliphatic carbocycles. The first-order valence-electron chi connectivity index (χ1n) is 8.65. The molecule has 1 aromatic heterocycles. The number of halogens is 3. The Balaban J connectivity index is 1.58. The summed E-state index contributed by atoms with van der Waals surface area (Å²) in [6, 6.07) is 4.58. The molecule has 6 nitrogen and oxygen atoms in total. The van der Waals surface area contributed by atoms with Gasteiger partial charge in [0.2, 0.25) is 17.6 Å². The SMILES string of the molecule is Cc1ccc(-c2noc(CCC(=O)N3CCC(F)(F)[C@H](CO)C3)n2)cc1F. The van der Waals surface area contributed by atoms with Gasteiger partial charge in [-0.15, -0.1) is 0 Å². The molecule has 1 fully saturated rings. The number of aromatic nitrogens is 2. The highest BCUT2D eigenvalue weighted by Gasteiger charge is 2.44. The largest absolute Gasteiger partial charge is 0.396 e. The second-order valence-electron chi connectivity index (χ2n) is 6.71. The van der Waals surface area contributed by atoms with Crippen LogP contribution in [0.1, 0.15) is 24.3 Å². The van der Waals surface area contributed by atoms with Crippen LogP contribution in [0.4, 0.5) is 13.2 Å². The molecule has 146 valence electrons. The Kier molecular flexibility index (Phi) is 5.50. The number of benzene rings is 1. The van der Waals surface area contributed by atoms with Crippen molar-refractivity contribution in [1.82, 2.24) is 15.0 Å². The summed E-state index contributed by atoms with van der Waals surface area (Å²) in [5.74, 6) is -4.48. The van der Waals surface area contributed by atoms with Gasteiger partial charge in [-0.05, 0) is 18.6 Å². The summed E-state index contributed by atoms with van der Waals surface area (Å²) >= 11 is 0. The first kappa shape index (κ1) is 19.3. The lowest BCUT2D eigenvalue weighted by molar-refractivity contribution is -0.149. The molecule has 3 rings (SSSR count). The zero-order chi connectivity index (χ0) is 19.6. The molecule has 0 radical (unpaired) electrons. The second-order valence-corrected chi connectivity index (χ2v) is 6.71. The van der Waals surface area contributed by atoms with Crippen molar-refractivity contribution < 1.29 is 27.6 Å². The molecule has 0 saturated carbocycles. The molecule has 1 amide bonds. The van der Waals surface area contributed by atoms with Gasteiger partial charge in [-0.25, -0.2) is 13.2 Å².